The van der Waals surface area contributed by atoms with Crippen molar-refractivity contribution in [2.75, 3.05) is 13.7 Å². The van der Waals surface area contributed by atoms with Gasteiger partial charge in [-0.15, -0.1) is 0 Å². The van der Waals surface area contributed by atoms with Crippen molar-refractivity contribution in [3.63, 3.8) is 0 Å². The van der Waals surface area contributed by atoms with E-state index in [9.17, 15) is 4.79 Å². The van der Waals surface area contributed by atoms with E-state index in [4.69, 9.17) is 9.26 Å². The molecule has 1 amide bonds. The molecule has 5 nitrogen and oxygen atoms in total. The van der Waals surface area contributed by atoms with Gasteiger partial charge < -0.3 is 14.6 Å². The fourth-order valence-electron chi connectivity index (χ4n) is 2.09. The number of hydrogen-bond acceptors (Lipinski definition) is 4. The van der Waals surface area contributed by atoms with Crippen molar-refractivity contribution in [2.24, 2.45) is 0 Å². The number of aromatic nitrogens is 1. The van der Waals surface area contributed by atoms with Gasteiger partial charge in [-0.05, 0) is 19.4 Å². The van der Waals surface area contributed by atoms with E-state index in [-0.39, 0.29) is 12.0 Å². The summed E-state index contributed by atoms with van der Waals surface area (Å²) in [5.74, 6) is 0.327. The van der Waals surface area contributed by atoms with Gasteiger partial charge in [0.2, 0.25) is 0 Å². The van der Waals surface area contributed by atoms with Crippen LogP contribution in [0.25, 0.3) is 0 Å². The zero-order chi connectivity index (χ0) is 14.5. The van der Waals surface area contributed by atoms with Crippen LogP contribution in [0.4, 0.5) is 0 Å². The molecule has 106 valence electrons. The third-order valence-corrected chi connectivity index (χ3v) is 3.16. The Morgan fingerprint density at radius 3 is 2.60 bits per heavy atom. The molecule has 0 bridgehead atoms. The lowest BCUT2D eigenvalue weighted by atomic mass is 10.1. The molecule has 0 aliphatic rings. The van der Waals surface area contributed by atoms with Crippen molar-refractivity contribution in [2.45, 2.75) is 20.0 Å². The Kier molecular flexibility index (Phi) is 4.53. The van der Waals surface area contributed by atoms with Crippen LogP contribution in [0.5, 0.6) is 0 Å². The van der Waals surface area contributed by atoms with Crippen LogP contribution in [0.3, 0.4) is 0 Å². The summed E-state index contributed by atoms with van der Waals surface area (Å²) in [5.41, 5.74) is 2.11. The van der Waals surface area contributed by atoms with E-state index < -0.39 is 0 Å². The van der Waals surface area contributed by atoms with Gasteiger partial charge in [-0.3, -0.25) is 4.79 Å². The topological polar surface area (TPSA) is 64.4 Å². The van der Waals surface area contributed by atoms with Gasteiger partial charge in [0.25, 0.3) is 5.91 Å². The first-order valence-electron chi connectivity index (χ1n) is 6.42. The first-order chi connectivity index (χ1) is 9.63. The smallest absolute Gasteiger partial charge is 0.256 e. The second kappa shape index (κ2) is 6.34. The van der Waals surface area contributed by atoms with Crippen molar-refractivity contribution in [3.8, 4) is 0 Å². The van der Waals surface area contributed by atoms with Crippen molar-refractivity contribution >= 4 is 5.91 Å². The van der Waals surface area contributed by atoms with Crippen molar-refractivity contribution in [1.82, 2.24) is 10.5 Å². The Bertz CT molecular complexity index is 559. The van der Waals surface area contributed by atoms with Gasteiger partial charge in [-0.1, -0.05) is 35.5 Å². The van der Waals surface area contributed by atoms with E-state index in [1.54, 1.807) is 21.0 Å². The lowest BCUT2D eigenvalue weighted by molar-refractivity contribution is 0.0826. The number of rotatable bonds is 5. The number of ether oxygens (including phenoxy) is 1. The Labute approximate surface area is 117 Å². The number of hydrogen-bond donors (Lipinski definition) is 1. The molecule has 1 heterocycles. The summed E-state index contributed by atoms with van der Waals surface area (Å²) in [7, 11) is 1.62. The monoisotopic (exact) mass is 274 g/mol. The predicted molar refractivity (Wildman–Crippen MR) is 74.5 cm³/mol. The molecule has 2 aromatic rings. The molecule has 1 unspecified atom stereocenters. The molecular weight excluding hydrogens is 256 g/mol. The molecule has 0 spiro atoms. The molecule has 0 aliphatic heterocycles. The van der Waals surface area contributed by atoms with Gasteiger partial charge in [0.15, 0.2) is 0 Å². The van der Waals surface area contributed by atoms with Crippen molar-refractivity contribution in [1.29, 1.82) is 0 Å². The van der Waals surface area contributed by atoms with Gasteiger partial charge in [-0.25, -0.2) is 0 Å². The number of aryl methyl sites for hydroxylation is 2. The predicted octanol–water partition coefficient (Wildman–Crippen LogP) is 2.41. The van der Waals surface area contributed by atoms with E-state index in [0.717, 1.165) is 5.56 Å². The summed E-state index contributed by atoms with van der Waals surface area (Å²) in [5, 5.41) is 6.63. The molecule has 1 N–H and O–H groups in total. The molecule has 1 atom stereocenters. The molecule has 5 heteroatoms. The average Bonchev–Trinajstić information content (AvgIpc) is 2.80. The minimum absolute atomic E-state index is 0.180. The third kappa shape index (κ3) is 3.05. The van der Waals surface area contributed by atoms with Crippen LogP contribution in [0, 0.1) is 13.8 Å². The summed E-state index contributed by atoms with van der Waals surface area (Å²) in [6.45, 7) is 3.86. The zero-order valence-corrected chi connectivity index (χ0v) is 11.8. The first kappa shape index (κ1) is 14.3. The van der Waals surface area contributed by atoms with Crippen LogP contribution >= 0.6 is 0 Å². The van der Waals surface area contributed by atoms with Crippen LogP contribution < -0.4 is 5.32 Å². The summed E-state index contributed by atoms with van der Waals surface area (Å²) >= 11 is 0. The minimum atomic E-state index is -0.195. The standard InChI is InChI=1S/C15H18N2O3/c1-10-14(11(2)20-17-10)15(18)16-9-13(19-3)12-7-5-4-6-8-12/h4-8,13H,9H2,1-3H3,(H,16,18). The Morgan fingerprint density at radius 1 is 1.35 bits per heavy atom. The number of nitrogens with zero attached hydrogens (tertiary/aromatic N) is 1. The Morgan fingerprint density at radius 2 is 2.05 bits per heavy atom. The SMILES string of the molecule is COC(CNC(=O)c1c(C)noc1C)c1ccccc1. The largest absolute Gasteiger partial charge is 0.375 e. The van der Waals surface area contributed by atoms with Crippen molar-refractivity contribution in [3.05, 3.63) is 52.9 Å². The highest BCUT2D eigenvalue weighted by Crippen LogP contribution is 2.16. The second-order valence-corrected chi connectivity index (χ2v) is 4.54. The highest BCUT2D eigenvalue weighted by molar-refractivity contribution is 5.96. The molecule has 0 aliphatic carbocycles. The summed E-state index contributed by atoms with van der Waals surface area (Å²) < 4.78 is 10.4. The number of methoxy groups -OCH3 is 1. The maximum absolute atomic E-state index is 12.1. The normalized spacial score (nSPS) is 12.2. The molecule has 0 radical (unpaired) electrons. The molecule has 20 heavy (non-hydrogen) atoms. The average molecular weight is 274 g/mol. The molecule has 0 saturated heterocycles. The van der Waals surface area contributed by atoms with E-state index in [0.29, 0.717) is 23.6 Å². The summed E-state index contributed by atoms with van der Waals surface area (Å²) in [6, 6.07) is 9.76. The minimum Gasteiger partial charge on any atom is -0.375 e. The van der Waals surface area contributed by atoms with Crippen molar-refractivity contribution < 1.29 is 14.1 Å². The van der Waals surface area contributed by atoms with Crippen LogP contribution in [0.15, 0.2) is 34.9 Å². The molecule has 1 aromatic carbocycles. The van der Waals surface area contributed by atoms with Gasteiger partial charge in [0.1, 0.15) is 11.3 Å². The van der Waals surface area contributed by atoms with E-state index in [1.807, 2.05) is 30.3 Å². The quantitative estimate of drug-likeness (QED) is 0.909. The summed E-state index contributed by atoms with van der Waals surface area (Å²) in [4.78, 5) is 12.1. The molecule has 1 aromatic heterocycles. The molecule has 0 fully saturated rings. The fourth-order valence-corrected chi connectivity index (χ4v) is 2.09. The van der Waals surface area contributed by atoms with Gasteiger partial charge in [0.05, 0.1) is 11.8 Å². The molecule has 0 saturated carbocycles. The zero-order valence-electron chi connectivity index (χ0n) is 11.8. The van der Waals surface area contributed by atoms with Gasteiger partial charge in [0, 0.05) is 13.7 Å². The van der Waals surface area contributed by atoms with Gasteiger partial charge in [-0.2, -0.15) is 0 Å². The number of amides is 1. The lowest BCUT2D eigenvalue weighted by Crippen LogP contribution is -2.29. The van der Waals surface area contributed by atoms with Crippen LogP contribution in [-0.4, -0.2) is 24.7 Å². The Hall–Kier alpha value is -2.14. The van der Waals surface area contributed by atoms with Crippen LogP contribution in [0.2, 0.25) is 0 Å². The van der Waals surface area contributed by atoms with Gasteiger partial charge >= 0.3 is 0 Å². The first-order valence-corrected chi connectivity index (χ1v) is 6.42. The number of benzene rings is 1. The van der Waals surface area contributed by atoms with E-state index in [2.05, 4.69) is 10.5 Å². The highest BCUT2D eigenvalue weighted by Gasteiger charge is 2.19. The Balaban J connectivity index is 2.02. The number of carbonyl (C=O) groups excluding carboxylic acids is 1. The maximum Gasteiger partial charge on any atom is 0.256 e. The van der Waals surface area contributed by atoms with E-state index >= 15 is 0 Å². The molecule has 2 rings (SSSR count). The lowest BCUT2D eigenvalue weighted by Gasteiger charge is -2.16. The number of nitrogens with one attached hydrogen (secondary N) is 1. The third-order valence-electron chi connectivity index (χ3n) is 3.16. The second-order valence-electron chi connectivity index (χ2n) is 4.54. The van der Waals surface area contributed by atoms with E-state index in [1.165, 1.54) is 0 Å². The maximum atomic E-state index is 12.1. The number of carbonyl (C=O) groups is 1. The fraction of sp³-hybridized carbons (Fsp3) is 0.333. The summed E-state index contributed by atoms with van der Waals surface area (Å²) in [6.07, 6.45) is -0.180. The molecular formula is C15H18N2O3. The highest BCUT2D eigenvalue weighted by atomic mass is 16.5. The van der Waals surface area contributed by atoms with Crippen LogP contribution in [0.1, 0.15) is 33.5 Å². The van der Waals surface area contributed by atoms with Crippen LogP contribution in [-0.2, 0) is 4.74 Å².